The van der Waals surface area contributed by atoms with E-state index in [1.807, 2.05) is 4.90 Å². The number of hydrogen-bond acceptors (Lipinski definition) is 3. The minimum atomic E-state index is -0.218. The number of piperazine rings is 1. The molecule has 1 aromatic rings. The summed E-state index contributed by atoms with van der Waals surface area (Å²) in [4.78, 5) is 8.59. The molecule has 0 atom stereocenters. The Balaban J connectivity index is 1.93. The first-order chi connectivity index (χ1) is 8.16. The molecule has 0 amide bonds. The van der Waals surface area contributed by atoms with Gasteiger partial charge in [0.25, 0.3) is 0 Å². The average molecular weight is 237 g/mol. The summed E-state index contributed by atoms with van der Waals surface area (Å²) >= 11 is 0. The van der Waals surface area contributed by atoms with E-state index in [9.17, 15) is 4.39 Å². The van der Waals surface area contributed by atoms with Gasteiger partial charge in [-0.1, -0.05) is 13.8 Å². The summed E-state index contributed by atoms with van der Waals surface area (Å²) in [6.07, 6.45) is 1.65. The van der Waals surface area contributed by atoms with Crippen molar-refractivity contribution in [3.63, 3.8) is 0 Å². The molecule has 0 aromatic carbocycles. The van der Waals surface area contributed by atoms with Crippen LogP contribution in [0.15, 0.2) is 18.3 Å². The van der Waals surface area contributed by atoms with E-state index < -0.39 is 0 Å². The van der Waals surface area contributed by atoms with E-state index in [2.05, 4.69) is 23.7 Å². The van der Waals surface area contributed by atoms with Gasteiger partial charge >= 0.3 is 0 Å². The third-order valence-electron chi connectivity index (χ3n) is 3.03. The Labute approximate surface area is 102 Å². The lowest BCUT2D eigenvalue weighted by molar-refractivity contribution is 0.230. The monoisotopic (exact) mass is 237 g/mol. The van der Waals surface area contributed by atoms with Crippen molar-refractivity contribution in [1.29, 1.82) is 0 Å². The fraction of sp³-hybridized carbons (Fsp3) is 0.615. The third kappa shape index (κ3) is 3.16. The molecule has 94 valence electrons. The van der Waals surface area contributed by atoms with E-state index in [0.717, 1.165) is 32.7 Å². The standard InChI is InChI=1S/C13H20FN3/c1-11(2)10-16-6-8-17(9-7-16)13-12(14)4-3-5-15-13/h3-5,11H,6-10H2,1-2H3. The Bertz CT molecular complexity index is 359. The van der Waals surface area contributed by atoms with Gasteiger partial charge in [-0.25, -0.2) is 9.37 Å². The van der Waals surface area contributed by atoms with Crippen LogP contribution in [0.4, 0.5) is 10.2 Å². The van der Waals surface area contributed by atoms with Crippen molar-refractivity contribution in [3.05, 3.63) is 24.1 Å². The predicted octanol–water partition coefficient (Wildman–Crippen LogP) is 2.00. The minimum Gasteiger partial charge on any atom is -0.352 e. The zero-order chi connectivity index (χ0) is 12.3. The number of hydrogen-bond donors (Lipinski definition) is 0. The molecule has 0 spiro atoms. The van der Waals surface area contributed by atoms with E-state index >= 15 is 0 Å². The summed E-state index contributed by atoms with van der Waals surface area (Å²) < 4.78 is 13.6. The molecule has 3 nitrogen and oxygen atoms in total. The molecule has 0 saturated carbocycles. The zero-order valence-corrected chi connectivity index (χ0v) is 10.6. The summed E-state index contributed by atoms with van der Waals surface area (Å²) in [5, 5.41) is 0. The third-order valence-corrected chi connectivity index (χ3v) is 3.03. The Morgan fingerprint density at radius 3 is 2.59 bits per heavy atom. The molecule has 0 radical (unpaired) electrons. The molecule has 0 unspecified atom stereocenters. The van der Waals surface area contributed by atoms with Gasteiger partial charge in [0, 0.05) is 38.9 Å². The molecule has 2 rings (SSSR count). The van der Waals surface area contributed by atoms with Crippen molar-refractivity contribution >= 4 is 5.82 Å². The van der Waals surface area contributed by atoms with Gasteiger partial charge in [0.1, 0.15) is 0 Å². The van der Waals surface area contributed by atoms with Gasteiger partial charge in [0.2, 0.25) is 0 Å². The first-order valence-corrected chi connectivity index (χ1v) is 6.24. The van der Waals surface area contributed by atoms with Crippen LogP contribution in [-0.4, -0.2) is 42.6 Å². The number of aromatic nitrogens is 1. The summed E-state index contributed by atoms with van der Waals surface area (Å²) in [6.45, 7) is 9.29. The van der Waals surface area contributed by atoms with Gasteiger partial charge in [0.15, 0.2) is 11.6 Å². The highest BCUT2D eigenvalue weighted by Crippen LogP contribution is 2.17. The van der Waals surface area contributed by atoms with Crippen molar-refractivity contribution in [3.8, 4) is 0 Å². The molecule has 1 aromatic heterocycles. The zero-order valence-electron chi connectivity index (χ0n) is 10.6. The largest absolute Gasteiger partial charge is 0.352 e. The average Bonchev–Trinajstić information content (AvgIpc) is 2.30. The lowest BCUT2D eigenvalue weighted by atomic mass is 10.2. The highest BCUT2D eigenvalue weighted by atomic mass is 19.1. The maximum Gasteiger partial charge on any atom is 0.165 e. The Kier molecular flexibility index (Phi) is 3.94. The maximum atomic E-state index is 13.6. The van der Waals surface area contributed by atoms with Crippen LogP contribution in [0.5, 0.6) is 0 Å². The summed E-state index contributed by atoms with van der Waals surface area (Å²) in [7, 11) is 0. The molecule has 1 aliphatic heterocycles. The van der Waals surface area contributed by atoms with Gasteiger partial charge in [-0.15, -0.1) is 0 Å². The van der Waals surface area contributed by atoms with Crippen LogP contribution in [0.3, 0.4) is 0 Å². The van der Waals surface area contributed by atoms with E-state index in [1.165, 1.54) is 6.07 Å². The molecule has 0 aliphatic carbocycles. The second-order valence-corrected chi connectivity index (χ2v) is 4.99. The summed E-state index contributed by atoms with van der Waals surface area (Å²) in [6, 6.07) is 3.11. The summed E-state index contributed by atoms with van der Waals surface area (Å²) in [5.74, 6) is 0.967. The predicted molar refractivity (Wildman–Crippen MR) is 67.7 cm³/mol. The number of nitrogens with zero attached hydrogens (tertiary/aromatic N) is 3. The van der Waals surface area contributed by atoms with Crippen molar-refractivity contribution < 1.29 is 4.39 Å². The number of rotatable bonds is 3. The molecule has 1 aliphatic rings. The smallest absolute Gasteiger partial charge is 0.165 e. The number of halogens is 1. The van der Waals surface area contributed by atoms with Crippen LogP contribution in [0.25, 0.3) is 0 Å². The Morgan fingerprint density at radius 1 is 1.29 bits per heavy atom. The van der Waals surface area contributed by atoms with Gasteiger partial charge < -0.3 is 4.90 Å². The molecular formula is C13H20FN3. The molecule has 0 N–H and O–H groups in total. The van der Waals surface area contributed by atoms with Crippen LogP contribution in [0.2, 0.25) is 0 Å². The van der Waals surface area contributed by atoms with Crippen LogP contribution in [-0.2, 0) is 0 Å². The molecular weight excluding hydrogens is 217 g/mol. The fourth-order valence-corrected chi connectivity index (χ4v) is 2.27. The first kappa shape index (κ1) is 12.3. The van der Waals surface area contributed by atoms with Crippen molar-refractivity contribution in [1.82, 2.24) is 9.88 Å². The fourth-order valence-electron chi connectivity index (χ4n) is 2.27. The van der Waals surface area contributed by atoms with Gasteiger partial charge in [-0.2, -0.15) is 0 Å². The molecule has 1 fully saturated rings. The second kappa shape index (κ2) is 5.45. The van der Waals surface area contributed by atoms with Crippen molar-refractivity contribution in [2.45, 2.75) is 13.8 Å². The van der Waals surface area contributed by atoms with Gasteiger partial charge in [0.05, 0.1) is 0 Å². The van der Waals surface area contributed by atoms with Crippen LogP contribution >= 0.6 is 0 Å². The van der Waals surface area contributed by atoms with Crippen molar-refractivity contribution in [2.24, 2.45) is 5.92 Å². The maximum absolute atomic E-state index is 13.6. The topological polar surface area (TPSA) is 19.4 Å². The molecule has 1 saturated heterocycles. The first-order valence-electron chi connectivity index (χ1n) is 6.24. The highest BCUT2D eigenvalue weighted by Gasteiger charge is 2.20. The summed E-state index contributed by atoms with van der Waals surface area (Å²) in [5.41, 5.74) is 0. The van der Waals surface area contributed by atoms with Crippen LogP contribution < -0.4 is 4.90 Å². The highest BCUT2D eigenvalue weighted by molar-refractivity contribution is 5.40. The van der Waals surface area contributed by atoms with Crippen molar-refractivity contribution in [2.75, 3.05) is 37.6 Å². The van der Waals surface area contributed by atoms with Crippen LogP contribution in [0.1, 0.15) is 13.8 Å². The van der Waals surface area contributed by atoms with Crippen LogP contribution in [0, 0.1) is 11.7 Å². The number of anilines is 1. The number of pyridine rings is 1. The van der Waals surface area contributed by atoms with Gasteiger partial charge in [-0.3, -0.25) is 4.90 Å². The minimum absolute atomic E-state index is 0.218. The quantitative estimate of drug-likeness (QED) is 0.801. The van der Waals surface area contributed by atoms with Gasteiger partial charge in [-0.05, 0) is 18.1 Å². The van der Waals surface area contributed by atoms with E-state index in [1.54, 1.807) is 12.3 Å². The molecule has 4 heteroatoms. The molecule has 0 bridgehead atoms. The lowest BCUT2D eigenvalue weighted by Gasteiger charge is -2.36. The Morgan fingerprint density at radius 2 is 2.00 bits per heavy atom. The lowest BCUT2D eigenvalue weighted by Crippen LogP contribution is -2.47. The normalized spacial score (nSPS) is 17.8. The molecule has 17 heavy (non-hydrogen) atoms. The SMILES string of the molecule is CC(C)CN1CCN(c2ncccc2F)CC1. The Hall–Kier alpha value is -1.16. The van der Waals surface area contributed by atoms with E-state index in [0.29, 0.717) is 11.7 Å². The molecule has 2 heterocycles. The second-order valence-electron chi connectivity index (χ2n) is 4.99. The van der Waals surface area contributed by atoms with E-state index in [4.69, 9.17) is 0 Å². The van der Waals surface area contributed by atoms with E-state index in [-0.39, 0.29) is 5.82 Å².